The van der Waals surface area contributed by atoms with E-state index in [1.54, 1.807) is 12.1 Å². The first-order chi connectivity index (χ1) is 11.9. The van der Waals surface area contributed by atoms with Crippen LogP contribution in [0.15, 0.2) is 36.5 Å². The van der Waals surface area contributed by atoms with Gasteiger partial charge in [-0.25, -0.2) is 4.98 Å². The number of aromatic nitrogens is 4. The Morgan fingerprint density at radius 3 is 2.36 bits per heavy atom. The average molecular weight is 347 g/mol. The van der Waals surface area contributed by atoms with Gasteiger partial charge in [-0.3, -0.25) is 9.36 Å². The van der Waals surface area contributed by atoms with Gasteiger partial charge in [-0.15, -0.1) is 0 Å². The van der Waals surface area contributed by atoms with Crippen molar-refractivity contribution in [2.45, 2.75) is 19.0 Å². The van der Waals surface area contributed by atoms with Crippen LogP contribution in [0.25, 0.3) is 22.5 Å². The lowest BCUT2D eigenvalue weighted by Crippen LogP contribution is -2.23. The van der Waals surface area contributed by atoms with Crippen LogP contribution in [-0.2, 0) is 19.6 Å². The molecule has 0 unspecified atom stereocenters. The molecule has 1 aliphatic heterocycles. The molecule has 0 aliphatic carbocycles. The van der Waals surface area contributed by atoms with Crippen LogP contribution in [0.3, 0.4) is 0 Å². The van der Waals surface area contributed by atoms with Gasteiger partial charge < -0.3 is 5.43 Å². The Bertz CT molecular complexity index is 882. The second-order valence-corrected chi connectivity index (χ2v) is 6.04. The maximum Gasteiger partial charge on any atom is 0.433 e. The van der Waals surface area contributed by atoms with Gasteiger partial charge in [0.25, 0.3) is 0 Å². The van der Waals surface area contributed by atoms with Crippen LogP contribution in [0.4, 0.5) is 13.2 Å². The van der Waals surface area contributed by atoms with E-state index in [0.29, 0.717) is 11.3 Å². The van der Waals surface area contributed by atoms with Gasteiger partial charge in [0.2, 0.25) is 0 Å². The molecular weight excluding hydrogens is 331 g/mol. The molecule has 2 aromatic heterocycles. The number of nitrogens with zero attached hydrogens (tertiary/aromatic N) is 4. The van der Waals surface area contributed by atoms with Crippen molar-refractivity contribution in [2.24, 2.45) is 7.05 Å². The number of fused-ring (bicyclic) bond motifs is 1. The number of nitrogens with one attached hydrogen (secondary N) is 1. The molecule has 0 bridgehead atoms. The summed E-state index contributed by atoms with van der Waals surface area (Å²) in [5.74, 6) is 0.991. The minimum absolute atomic E-state index is 0.298. The van der Waals surface area contributed by atoms with E-state index in [4.69, 9.17) is 0 Å². The molecule has 0 saturated heterocycles. The van der Waals surface area contributed by atoms with Gasteiger partial charge in [0, 0.05) is 31.1 Å². The predicted molar refractivity (Wildman–Crippen MR) is 87.4 cm³/mol. The molecular formula is C17H16F3N5. The van der Waals surface area contributed by atoms with Crippen molar-refractivity contribution in [1.82, 2.24) is 19.4 Å². The standard InChI is InChI=1S/C17H16F3N5/c1-24-15(17(18,19)20)9-13(23-24)11-4-6-12(7-5-11)14-10-25-16(22-14)3-2-8-21-25/h4-7,9-10,21H,2-3,8H2,1H3. The fourth-order valence-corrected chi connectivity index (χ4v) is 3.00. The maximum absolute atomic E-state index is 12.9. The summed E-state index contributed by atoms with van der Waals surface area (Å²) in [4.78, 5) is 4.61. The summed E-state index contributed by atoms with van der Waals surface area (Å²) < 4.78 is 41.5. The summed E-state index contributed by atoms with van der Waals surface area (Å²) in [5.41, 5.74) is 5.17. The normalized spacial score (nSPS) is 14.2. The number of alkyl halides is 3. The van der Waals surface area contributed by atoms with Crippen LogP contribution >= 0.6 is 0 Å². The van der Waals surface area contributed by atoms with Crippen molar-refractivity contribution in [2.75, 3.05) is 12.0 Å². The van der Waals surface area contributed by atoms with E-state index in [9.17, 15) is 13.2 Å². The third kappa shape index (κ3) is 2.88. The van der Waals surface area contributed by atoms with Crippen LogP contribution in [0, 0.1) is 0 Å². The lowest BCUT2D eigenvalue weighted by atomic mass is 10.1. The Labute approximate surface area is 142 Å². The van der Waals surface area contributed by atoms with Crippen molar-refractivity contribution in [3.63, 3.8) is 0 Å². The zero-order chi connectivity index (χ0) is 17.6. The third-order valence-corrected chi connectivity index (χ3v) is 4.28. The summed E-state index contributed by atoms with van der Waals surface area (Å²) in [6.07, 6.45) is -0.496. The summed E-state index contributed by atoms with van der Waals surface area (Å²) in [7, 11) is 1.29. The van der Waals surface area contributed by atoms with Crippen molar-refractivity contribution in [3.05, 3.63) is 48.0 Å². The zero-order valence-corrected chi connectivity index (χ0v) is 13.5. The lowest BCUT2D eigenvalue weighted by molar-refractivity contribution is -0.143. The lowest BCUT2D eigenvalue weighted by Gasteiger charge is -2.14. The number of aryl methyl sites for hydroxylation is 2. The van der Waals surface area contributed by atoms with E-state index in [2.05, 4.69) is 15.5 Å². The van der Waals surface area contributed by atoms with Crippen molar-refractivity contribution >= 4 is 0 Å². The molecule has 0 saturated carbocycles. The second kappa shape index (κ2) is 5.65. The van der Waals surface area contributed by atoms with Crippen molar-refractivity contribution in [1.29, 1.82) is 0 Å². The fraction of sp³-hybridized carbons (Fsp3) is 0.294. The predicted octanol–water partition coefficient (Wildman–Crippen LogP) is 3.46. The highest BCUT2D eigenvalue weighted by molar-refractivity contribution is 5.66. The van der Waals surface area contributed by atoms with Crippen molar-refractivity contribution < 1.29 is 13.2 Å². The smallest absolute Gasteiger partial charge is 0.325 e. The molecule has 5 nitrogen and oxygen atoms in total. The molecule has 1 N–H and O–H groups in total. The molecule has 4 rings (SSSR count). The number of hydrogen-bond acceptors (Lipinski definition) is 3. The number of hydrogen-bond donors (Lipinski definition) is 1. The van der Waals surface area contributed by atoms with Crippen LogP contribution in [0.1, 0.15) is 17.9 Å². The van der Waals surface area contributed by atoms with Crippen LogP contribution in [0.5, 0.6) is 0 Å². The Morgan fingerprint density at radius 1 is 1.08 bits per heavy atom. The molecule has 8 heteroatoms. The number of rotatable bonds is 2. The van der Waals surface area contributed by atoms with Gasteiger partial charge in [-0.05, 0) is 12.5 Å². The maximum atomic E-state index is 12.9. The SMILES string of the molecule is Cn1nc(-c2ccc(-c3cn4c(n3)CCCN4)cc2)cc1C(F)(F)F. The Balaban J connectivity index is 1.63. The highest BCUT2D eigenvalue weighted by Gasteiger charge is 2.35. The third-order valence-electron chi connectivity index (χ3n) is 4.28. The number of imidazole rings is 1. The quantitative estimate of drug-likeness (QED) is 0.772. The minimum Gasteiger partial charge on any atom is -0.325 e. The van der Waals surface area contributed by atoms with Crippen molar-refractivity contribution in [3.8, 4) is 22.5 Å². The Morgan fingerprint density at radius 2 is 1.76 bits per heavy atom. The van der Waals surface area contributed by atoms with Gasteiger partial charge in [0.05, 0.1) is 17.6 Å². The summed E-state index contributed by atoms with van der Waals surface area (Å²) >= 11 is 0. The minimum atomic E-state index is -4.41. The molecule has 3 heterocycles. The molecule has 0 radical (unpaired) electrons. The van der Waals surface area contributed by atoms with E-state index in [-0.39, 0.29) is 0 Å². The van der Waals surface area contributed by atoms with E-state index in [1.165, 1.54) is 7.05 Å². The van der Waals surface area contributed by atoms with E-state index in [0.717, 1.165) is 47.2 Å². The molecule has 0 spiro atoms. The van der Waals surface area contributed by atoms with Crippen LogP contribution in [0.2, 0.25) is 0 Å². The first-order valence-electron chi connectivity index (χ1n) is 7.96. The molecule has 130 valence electrons. The molecule has 0 atom stereocenters. The molecule has 0 fully saturated rings. The van der Waals surface area contributed by atoms with Gasteiger partial charge >= 0.3 is 6.18 Å². The largest absolute Gasteiger partial charge is 0.433 e. The van der Waals surface area contributed by atoms with Gasteiger partial charge in [-0.2, -0.15) is 18.3 Å². The number of halogens is 3. The average Bonchev–Trinajstić information content (AvgIpc) is 3.18. The topological polar surface area (TPSA) is 47.7 Å². The van der Waals surface area contributed by atoms with E-state index >= 15 is 0 Å². The molecule has 25 heavy (non-hydrogen) atoms. The van der Waals surface area contributed by atoms with Crippen LogP contribution in [-0.4, -0.2) is 26.0 Å². The number of benzene rings is 1. The Kier molecular flexibility index (Phi) is 3.55. The first kappa shape index (κ1) is 15.7. The monoisotopic (exact) mass is 347 g/mol. The highest BCUT2D eigenvalue weighted by atomic mass is 19.4. The summed E-state index contributed by atoms with van der Waals surface area (Å²) in [5, 5.41) is 3.97. The van der Waals surface area contributed by atoms with Gasteiger partial charge in [0.1, 0.15) is 11.5 Å². The highest BCUT2D eigenvalue weighted by Crippen LogP contribution is 2.32. The van der Waals surface area contributed by atoms with Crippen LogP contribution < -0.4 is 5.43 Å². The molecule has 1 aromatic carbocycles. The van der Waals surface area contributed by atoms with Gasteiger partial charge in [-0.1, -0.05) is 24.3 Å². The second-order valence-electron chi connectivity index (χ2n) is 6.04. The first-order valence-corrected chi connectivity index (χ1v) is 7.96. The fourth-order valence-electron chi connectivity index (χ4n) is 3.00. The summed E-state index contributed by atoms with van der Waals surface area (Å²) in [6, 6.07) is 8.30. The molecule has 3 aromatic rings. The Hall–Kier alpha value is -2.77. The van der Waals surface area contributed by atoms with E-state index < -0.39 is 11.9 Å². The zero-order valence-electron chi connectivity index (χ0n) is 13.5. The summed E-state index contributed by atoms with van der Waals surface area (Å²) in [6.45, 7) is 0.920. The van der Waals surface area contributed by atoms with Gasteiger partial charge in [0.15, 0.2) is 0 Å². The van der Waals surface area contributed by atoms with E-state index in [1.807, 2.05) is 23.0 Å². The molecule has 1 aliphatic rings. The molecule has 0 amide bonds.